The lowest BCUT2D eigenvalue weighted by molar-refractivity contribution is 0.561. The van der Waals surface area contributed by atoms with Gasteiger partial charge >= 0.3 is 0 Å². The van der Waals surface area contributed by atoms with E-state index in [4.69, 9.17) is 0 Å². The lowest BCUT2D eigenvalue weighted by Crippen LogP contribution is -2.36. The number of anilines is 1. The summed E-state index contributed by atoms with van der Waals surface area (Å²) < 4.78 is 26.5. The van der Waals surface area contributed by atoms with Crippen molar-refractivity contribution in [3.63, 3.8) is 0 Å². The second-order valence-electron chi connectivity index (χ2n) is 5.76. The normalized spacial score (nSPS) is 11.9. The van der Waals surface area contributed by atoms with E-state index in [0.717, 1.165) is 6.54 Å². The van der Waals surface area contributed by atoms with E-state index in [-0.39, 0.29) is 5.75 Å². The number of aryl methyl sites for hydroxylation is 1. The predicted octanol–water partition coefficient (Wildman–Crippen LogP) is 2.79. The summed E-state index contributed by atoms with van der Waals surface area (Å²) in [4.78, 5) is 2.19. The van der Waals surface area contributed by atoms with Gasteiger partial charge in [0.05, 0.1) is 5.75 Å². The van der Waals surface area contributed by atoms with Crippen molar-refractivity contribution in [2.75, 3.05) is 30.3 Å². The summed E-state index contributed by atoms with van der Waals surface area (Å²) in [5, 5.41) is 0. The van der Waals surface area contributed by atoms with Gasteiger partial charge in [0.2, 0.25) is 10.0 Å². The first-order chi connectivity index (χ1) is 9.85. The van der Waals surface area contributed by atoms with Gasteiger partial charge in [0, 0.05) is 25.3 Å². The molecular weight excluding hydrogens is 284 g/mol. The van der Waals surface area contributed by atoms with Gasteiger partial charge in [0.15, 0.2) is 0 Å². The molecule has 1 rings (SSSR count). The van der Waals surface area contributed by atoms with Gasteiger partial charge in [-0.05, 0) is 37.8 Å². The number of nitrogens with zero attached hydrogens (tertiary/aromatic N) is 1. The van der Waals surface area contributed by atoms with E-state index >= 15 is 0 Å². The summed E-state index contributed by atoms with van der Waals surface area (Å²) in [7, 11) is -3.15. The molecule has 0 aliphatic heterocycles. The van der Waals surface area contributed by atoms with Crippen molar-refractivity contribution in [1.82, 2.24) is 4.72 Å². The fourth-order valence-corrected chi connectivity index (χ4v) is 3.49. The van der Waals surface area contributed by atoms with Crippen LogP contribution in [0.4, 0.5) is 5.69 Å². The Hall–Kier alpha value is -1.07. The summed E-state index contributed by atoms with van der Waals surface area (Å²) in [6.07, 6.45) is 0.699. The van der Waals surface area contributed by atoms with Gasteiger partial charge in [-0.2, -0.15) is 0 Å². The number of likely N-dealkylation sites (N-methyl/N-ethyl adjacent to an activating group) is 1. The Balaban J connectivity index is 2.52. The van der Waals surface area contributed by atoms with Crippen molar-refractivity contribution >= 4 is 15.7 Å². The van der Waals surface area contributed by atoms with E-state index in [0.29, 0.717) is 25.4 Å². The lowest BCUT2D eigenvalue weighted by atomic mass is 10.2. The first kappa shape index (κ1) is 18.0. The molecule has 0 spiro atoms. The fourth-order valence-electron chi connectivity index (χ4n) is 2.17. The van der Waals surface area contributed by atoms with Crippen LogP contribution in [0, 0.1) is 12.8 Å². The van der Waals surface area contributed by atoms with Crippen molar-refractivity contribution in [2.45, 2.75) is 34.1 Å². The zero-order valence-corrected chi connectivity index (χ0v) is 14.4. The Morgan fingerprint density at radius 3 is 2.48 bits per heavy atom. The molecule has 5 heteroatoms. The standard InChI is InChI=1S/C16H28N2O2S/c1-5-18(16-9-7-6-8-15(16)4)12-11-17-21(19,20)13-10-14(2)3/h6-9,14,17H,5,10-13H2,1-4H3. The lowest BCUT2D eigenvalue weighted by Gasteiger charge is -2.25. The topological polar surface area (TPSA) is 49.4 Å². The van der Waals surface area contributed by atoms with Crippen LogP contribution in [0.5, 0.6) is 0 Å². The Morgan fingerprint density at radius 2 is 1.90 bits per heavy atom. The van der Waals surface area contributed by atoms with Gasteiger partial charge in [-0.1, -0.05) is 32.0 Å². The molecule has 0 aliphatic rings. The van der Waals surface area contributed by atoms with Gasteiger partial charge in [0.25, 0.3) is 0 Å². The van der Waals surface area contributed by atoms with Gasteiger partial charge < -0.3 is 4.90 Å². The highest BCUT2D eigenvalue weighted by Gasteiger charge is 2.12. The van der Waals surface area contributed by atoms with Gasteiger partial charge in [-0.25, -0.2) is 13.1 Å². The minimum atomic E-state index is -3.15. The van der Waals surface area contributed by atoms with Crippen LogP contribution in [0.3, 0.4) is 0 Å². The molecule has 0 aliphatic carbocycles. The molecule has 0 heterocycles. The minimum absolute atomic E-state index is 0.209. The summed E-state index contributed by atoms with van der Waals surface area (Å²) >= 11 is 0. The maximum Gasteiger partial charge on any atom is 0.211 e. The maximum absolute atomic E-state index is 11.9. The smallest absolute Gasteiger partial charge is 0.211 e. The summed E-state index contributed by atoms with van der Waals surface area (Å²) in [6, 6.07) is 8.18. The molecule has 1 aromatic carbocycles. The van der Waals surface area contributed by atoms with E-state index in [2.05, 4.69) is 35.6 Å². The van der Waals surface area contributed by atoms with Crippen LogP contribution in [0.25, 0.3) is 0 Å². The molecule has 1 N–H and O–H groups in total. The SMILES string of the molecule is CCN(CCNS(=O)(=O)CCC(C)C)c1ccccc1C. The molecule has 0 saturated carbocycles. The molecular formula is C16H28N2O2S. The van der Waals surface area contributed by atoms with Crippen molar-refractivity contribution in [2.24, 2.45) is 5.92 Å². The fraction of sp³-hybridized carbons (Fsp3) is 0.625. The van der Waals surface area contributed by atoms with Crippen LogP contribution in [0.2, 0.25) is 0 Å². The van der Waals surface area contributed by atoms with E-state index < -0.39 is 10.0 Å². The molecule has 0 unspecified atom stereocenters. The van der Waals surface area contributed by atoms with E-state index in [1.54, 1.807) is 0 Å². The highest BCUT2D eigenvalue weighted by atomic mass is 32.2. The first-order valence-electron chi connectivity index (χ1n) is 7.63. The van der Waals surface area contributed by atoms with Gasteiger partial charge in [-0.15, -0.1) is 0 Å². The highest BCUT2D eigenvalue weighted by Crippen LogP contribution is 2.18. The van der Waals surface area contributed by atoms with Crippen molar-refractivity contribution in [3.8, 4) is 0 Å². The largest absolute Gasteiger partial charge is 0.370 e. The third kappa shape index (κ3) is 6.48. The molecule has 120 valence electrons. The van der Waals surface area contributed by atoms with E-state index in [1.165, 1.54) is 11.3 Å². The Kier molecular flexibility index (Phi) is 7.18. The number of benzene rings is 1. The zero-order chi connectivity index (χ0) is 15.9. The van der Waals surface area contributed by atoms with E-state index in [1.807, 2.05) is 26.0 Å². The molecule has 21 heavy (non-hydrogen) atoms. The van der Waals surface area contributed by atoms with Crippen LogP contribution in [-0.4, -0.2) is 33.8 Å². The van der Waals surface area contributed by atoms with Crippen LogP contribution in [-0.2, 0) is 10.0 Å². The molecule has 0 aromatic heterocycles. The Labute approximate surface area is 129 Å². The van der Waals surface area contributed by atoms with Crippen molar-refractivity contribution in [3.05, 3.63) is 29.8 Å². The molecule has 4 nitrogen and oxygen atoms in total. The van der Waals surface area contributed by atoms with E-state index in [9.17, 15) is 8.42 Å². The Morgan fingerprint density at radius 1 is 1.24 bits per heavy atom. The zero-order valence-electron chi connectivity index (χ0n) is 13.6. The molecule has 0 amide bonds. The Bertz CT molecular complexity index is 527. The number of rotatable bonds is 9. The third-order valence-electron chi connectivity index (χ3n) is 3.51. The van der Waals surface area contributed by atoms with Crippen LogP contribution in [0.1, 0.15) is 32.8 Å². The first-order valence-corrected chi connectivity index (χ1v) is 9.29. The minimum Gasteiger partial charge on any atom is -0.370 e. The van der Waals surface area contributed by atoms with Gasteiger partial charge in [-0.3, -0.25) is 0 Å². The summed E-state index contributed by atoms with van der Waals surface area (Å²) in [6.45, 7) is 10.2. The summed E-state index contributed by atoms with van der Waals surface area (Å²) in [5.41, 5.74) is 2.38. The average molecular weight is 312 g/mol. The predicted molar refractivity (Wildman–Crippen MR) is 90.3 cm³/mol. The second kappa shape index (κ2) is 8.39. The molecule has 0 fully saturated rings. The van der Waals surface area contributed by atoms with Crippen LogP contribution >= 0.6 is 0 Å². The monoisotopic (exact) mass is 312 g/mol. The highest BCUT2D eigenvalue weighted by molar-refractivity contribution is 7.89. The van der Waals surface area contributed by atoms with Crippen LogP contribution < -0.4 is 9.62 Å². The molecule has 0 bridgehead atoms. The number of sulfonamides is 1. The number of hydrogen-bond donors (Lipinski definition) is 1. The molecule has 0 radical (unpaired) electrons. The number of nitrogens with one attached hydrogen (secondary N) is 1. The average Bonchev–Trinajstić information content (AvgIpc) is 2.43. The van der Waals surface area contributed by atoms with Crippen molar-refractivity contribution in [1.29, 1.82) is 0 Å². The third-order valence-corrected chi connectivity index (χ3v) is 4.92. The van der Waals surface area contributed by atoms with Gasteiger partial charge in [0.1, 0.15) is 0 Å². The van der Waals surface area contributed by atoms with Crippen molar-refractivity contribution < 1.29 is 8.42 Å². The second-order valence-corrected chi connectivity index (χ2v) is 7.69. The summed E-state index contributed by atoms with van der Waals surface area (Å²) in [5.74, 6) is 0.613. The molecule has 0 atom stereocenters. The molecule has 0 saturated heterocycles. The van der Waals surface area contributed by atoms with Crippen LogP contribution in [0.15, 0.2) is 24.3 Å². The number of hydrogen-bond acceptors (Lipinski definition) is 3. The maximum atomic E-state index is 11.9. The number of para-hydroxylation sites is 1. The molecule has 1 aromatic rings. The quantitative estimate of drug-likeness (QED) is 0.763.